The molecule has 1 aliphatic carbocycles. The lowest BCUT2D eigenvalue weighted by Gasteiger charge is -2.19. The first-order valence-corrected chi connectivity index (χ1v) is 6.98. The van der Waals surface area contributed by atoms with Crippen molar-refractivity contribution in [1.82, 2.24) is 5.32 Å². The highest BCUT2D eigenvalue weighted by Gasteiger charge is 2.39. The molecule has 0 aromatic carbocycles. The number of hydrogen-bond acceptors (Lipinski definition) is 5. The normalized spacial score (nSPS) is 28.9. The lowest BCUT2D eigenvalue weighted by molar-refractivity contribution is -0.143. The van der Waals surface area contributed by atoms with E-state index in [2.05, 4.69) is 5.32 Å². The summed E-state index contributed by atoms with van der Waals surface area (Å²) in [4.78, 5) is 11.5. The molecule has 1 fully saturated rings. The zero-order valence-electron chi connectivity index (χ0n) is 9.05. The monoisotopic (exact) mass is 245 g/mol. The molecule has 6 heteroatoms. The summed E-state index contributed by atoms with van der Waals surface area (Å²) >= 11 is 0. The summed E-state index contributed by atoms with van der Waals surface area (Å²) in [6, 6.07) is -0.636. The molecule has 2 aliphatic rings. The third kappa shape index (κ3) is 2.62. The van der Waals surface area contributed by atoms with Crippen molar-refractivity contribution in [3.8, 4) is 0 Å². The van der Waals surface area contributed by atoms with Crippen LogP contribution in [0.3, 0.4) is 0 Å². The molecule has 2 atom stereocenters. The summed E-state index contributed by atoms with van der Waals surface area (Å²) < 4.78 is 27.1. The van der Waals surface area contributed by atoms with Gasteiger partial charge in [0.05, 0.1) is 12.9 Å². The Bertz CT molecular complexity index is 411. The minimum absolute atomic E-state index is 0.0349. The van der Waals surface area contributed by atoms with Gasteiger partial charge in [0, 0.05) is 11.4 Å². The number of ether oxygens (including phenoxy) is 1. The van der Waals surface area contributed by atoms with Gasteiger partial charge in [0.2, 0.25) is 0 Å². The molecule has 0 spiro atoms. The number of carbonyl (C=O) groups excluding carboxylic acids is 1. The van der Waals surface area contributed by atoms with E-state index in [-0.39, 0.29) is 23.8 Å². The molecule has 0 aromatic rings. The van der Waals surface area contributed by atoms with Gasteiger partial charge in [0.15, 0.2) is 9.84 Å². The fourth-order valence-electron chi connectivity index (χ4n) is 1.86. The molecular formula is C10H15NO4S. The number of methoxy groups -OCH3 is 1. The van der Waals surface area contributed by atoms with Crippen molar-refractivity contribution >= 4 is 15.8 Å². The first kappa shape index (κ1) is 11.6. The van der Waals surface area contributed by atoms with Crippen LogP contribution in [0, 0.1) is 5.92 Å². The molecule has 2 unspecified atom stereocenters. The maximum Gasteiger partial charge on any atom is 0.323 e. The molecule has 16 heavy (non-hydrogen) atoms. The fraction of sp³-hybridized carbons (Fsp3) is 0.700. The van der Waals surface area contributed by atoms with Gasteiger partial charge in [-0.1, -0.05) is 6.08 Å². The average Bonchev–Trinajstić information content (AvgIpc) is 3.00. The minimum atomic E-state index is -3.07. The second-order valence-corrected chi connectivity index (χ2v) is 6.20. The molecule has 0 aromatic heterocycles. The van der Waals surface area contributed by atoms with Crippen molar-refractivity contribution < 1.29 is 17.9 Å². The SMILES string of the molecule is COC(=O)C(NC1C=CS(=O)(=O)C1)C1CC1. The van der Waals surface area contributed by atoms with E-state index < -0.39 is 9.84 Å². The van der Waals surface area contributed by atoms with E-state index in [9.17, 15) is 13.2 Å². The summed E-state index contributed by atoms with van der Waals surface area (Å²) in [6.45, 7) is 0. The second kappa shape index (κ2) is 4.18. The first-order valence-electron chi connectivity index (χ1n) is 5.26. The van der Waals surface area contributed by atoms with Crippen molar-refractivity contribution in [2.45, 2.75) is 24.9 Å². The maximum atomic E-state index is 11.5. The van der Waals surface area contributed by atoms with Crippen LogP contribution in [-0.4, -0.2) is 39.3 Å². The fourth-order valence-corrected chi connectivity index (χ4v) is 3.11. The number of esters is 1. The van der Waals surface area contributed by atoms with Crippen molar-refractivity contribution in [1.29, 1.82) is 0 Å². The van der Waals surface area contributed by atoms with Crippen molar-refractivity contribution in [3.05, 3.63) is 11.5 Å². The van der Waals surface area contributed by atoms with Gasteiger partial charge in [-0.2, -0.15) is 0 Å². The Balaban J connectivity index is 1.97. The maximum absolute atomic E-state index is 11.5. The van der Waals surface area contributed by atoms with Gasteiger partial charge in [0.1, 0.15) is 6.04 Å². The molecule has 1 N–H and O–H groups in total. The predicted octanol–water partition coefficient (Wildman–Crippen LogP) is -0.162. The molecule has 1 aliphatic heterocycles. The Hall–Kier alpha value is -0.880. The molecule has 0 saturated heterocycles. The minimum Gasteiger partial charge on any atom is -0.468 e. The molecule has 1 heterocycles. The zero-order chi connectivity index (χ0) is 11.8. The van der Waals surface area contributed by atoms with Gasteiger partial charge in [0.25, 0.3) is 0 Å². The Kier molecular flexibility index (Phi) is 3.03. The number of rotatable bonds is 4. The third-order valence-corrected chi connectivity index (χ3v) is 4.27. The van der Waals surface area contributed by atoms with Crippen LogP contribution in [0.1, 0.15) is 12.8 Å². The molecule has 0 bridgehead atoms. The number of carbonyl (C=O) groups is 1. The van der Waals surface area contributed by atoms with Crippen LogP contribution in [0.5, 0.6) is 0 Å². The van der Waals surface area contributed by atoms with E-state index in [1.54, 1.807) is 6.08 Å². The van der Waals surface area contributed by atoms with Crippen molar-refractivity contribution in [2.75, 3.05) is 12.9 Å². The third-order valence-electron chi connectivity index (χ3n) is 2.87. The van der Waals surface area contributed by atoms with E-state index in [4.69, 9.17) is 4.74 Å². The van der Waals surface area contributed by atoms with Crippen molar-refractivity contribution in [2.24, 2.45) is 5.92 Å². The van der Waals surface area contributed by atoms with E-state index in [1.165, 1.54) is 12.5 Å². The van der Waals surface area contributed by atoms with Gasteiger partial charge < -0.3 is 4.74 Å². The van der Waals surface area contributed by atoms with Crippen molar-refractivity contribution in [3.63, 3.8) is 0 Å². The Labute approximate surface area is 94.8 Å². The van der Waals surface area contributed by atoms with Gasteiger partial charge in [-0.15, -0.1) is 0 Å². The van der Waals surface area contributed by atoms with Crippen LogP contribution in [0.15, 0.2) is 11.5 Å². The number of nitrogens with one attached hydrogen (secondary N) is 1. The first-order chi connectivity index (χ1) is 7.52. The molecule has 0 amide bonds. The van der Waals surface area contributed by atoms with E-state index in [1.807, 2.05) is 0 Å². The summed E-state index contributed by atoms with van der Waals surface area (Å²) in [6.07, 6.45) is 3.58. The largest absolute Gasteiger partial charge is 0.468 e. The smallest absolute Gasteiger partial charge is 0.323 e. The molecule has 2 rings (SSSR count). The lowest BCUT2D eigenvalue weighted by atomic mass is 10.1. The standard InChI is InChI=1S/C10H15NO4S/c1-15-10(12)9(7-2-3-7)11-8-4-5-16(13,14)6-8/h4-5,7-9,11H,2-3,6H2,1H3. The molecule has 0 radical (unpaired) electrons. The number of hydrogen-bond donors (Lipinski definition) is 1. The van der Waals surface area contributed by atoms with Gasteiger partial charge in [-0.05, 0) is 18.8 Å². The van der Waals surface area contributed by atoms with Gasteiger partial charge in [-0.25, -0.2) is 8.42 Å². The Morgan fingerprint density at radius 2 is 2.19 bits per heavy atom. The Morgan fingerprint density at radius 1 is 1.50 bits per heavy atom. The average molecular weight is 245 g/mol. The lowest BCUT2D eigenvalue weighted by Crippen LogP contribution is -2.45. The summed E-state index contributed by atoms with van der Waals surface area (Å²) in [5.74, 6) is 0.0251. The van der Waals surface area contributed by atoms with Gasteiger partial charge >= 0.3 is 5.97 Å². The van der Waals surface area contributed by atoms with E-state index >= 15 is 0 Å². The highest BCUT2D eigenvalue weighted by molar-refractivity contribution is 7.94. The van der Waals surface area contributed by atoms with Crippen LogP contribution >= 0.6 is 0 Å². The van der Waals surface area contributed by atoms with Crippen LogP contribution in [0.4, 0.5) is 0 Å². The second-order valence-electron chi connectivity index (χ2n) is 4.27. The number of sulfone groups is 1. The topological polar surface area (TPSA) is 72.5 Å². The van der Waals surface area contributed by atoms with Crippen LogP contribution < -0.4 is 5.32 Å². The van der Waals surface area contributed by atoms with E-state index in [0.29, 0.717) is 5.92 Å². The zero-order valence-corrected chi connectivity index (χ0v) is 9.87. The van der Waals surface area contributed by atoms with Crippen LogP contribution in [-0.2, 0) is 19.4 Å². The molecule has 1 saturated carbocycles. The van der Waals surface area contributed by atoms with E-state index in [0.717, 1.165) is 12.8 Å². The highest BCUT2D eigenvalue weighted by atomic mass is 32.2. The van der Waals surface area contributed by atoms with Gasteiger partial charge in [-0.3, -0.25) is 10.1 Å². The van der Waals surface area contributed by atoms with Crippen LogP contribution in [0.25, 0.3) is 0 Å². The highest BCUT2D eigenvalue weighted by Crippen LogP contribution is 2.33. The molecule has 90 valence electrons. The molecular weight excluding hydrogens is 230 g/mol. The summed E-state index contributed by atoms with van der Waals surface area (Å²) in [7, 11) is -1.73. The summed E-state index contributed by atoms with van der Waals surface area (Å²) in [5, 5.41) is 4.24. The van der Waals surface area contributed by atoms with Crippen LogP contribution in [0.2, 0.25) is 0 Å². The summed E-state index contributed by atoms with van der Waals surface area (Å²) in [5.41, 5.74) is 0. The molecule has 5 nitrogen and oxygen atoms in total. The quantitative estimate of drug-likeness (QED) is 0.697. The Morgan fingerprint density at radius 3 is 2.62 bits per heavy atom. The predicted molar refractivity (Wildman–Crippen MR) is 58.4 cm³/mol.